The number of nitrogens with zero attached hydrogens (tertiary/aromatic N) is 1. The van der Waals surface area contributed by atoms with E-state index < -0.39 is 0 Å². The van der Waals surface area contributed by atoms with E-state index >= 15 is 0 Å². The SMILES string of the molecule is O=c1[nH]c(-c2cccc(F)c2)ns1. The zero-order valence-corrected chi connectivity index (χ0v) is 7.27. The molecule has 2 aromatic rings. The average molecular weight is 196 g/mol. The fraction of sp³-hybridized carbons (Fsp3) is 0. The molecule has 0 unspecified atom stereocenters. The lowest BCUT2D eigenvalue weighted by molar-refractivity contribution is 0.628. The molecule has 0 aliphatic heterocycles. The molecule has 5 heteroatoms. The van der Waals surface area contributed by atoms with E-state index in [0.29, 0.717) is 11.4 Å². The summed E-state index contributed by atoms with van der Waals surface area (Å²) in [7, 11) is 0. The van der Waals surface area contributed by atoms with Gasteiger partial charge in [-0.25, -0.2) is 4.39 Å². The highest BCUT2D eigenvalue weighted by Crippen LogP contribution is 2.14. The molecular weight excluding hydrogens is 191 g/mol. The summed E-state index contributed by atoms with van der Waals surface area (Å²) >= 11 is 0.822. The summed E-state index contributed by atoms with van der Waals surface area (Å²) in [5.41, 5.74) is 0.582. The second-order valence-electron chi connectivity index (χ2n) is 2.45. The number of aromatic amines is 1. The Morgan fingerprint density at radius 1 is 1.46 bits per heavy atom. The third-order valence-electron chi connectivity index (χ3n) is 1.54. The van der Waals surface area contributed by atoms with E-state index in [9.17, 15) is 9.18 Å². The number of halogens is 1. The van der Waals surface area contributed by atoms with Gasteiger partial charge in [-0.1, -0.05) is 12.1 Å². The third-order valence-corrected chi connectivity index (χ3v) is 2.08. The predicted molar refractivity (Wildman–Crippen MR) is 48.1 cm³/mol. The molecule has 1 aromatic heterocycles. The Hall–Kier alpha value is -1.49. The van der Waals surface area contributed by atoms with Crippen LogP contribution in [0.25, 0.3) is 11.4 Å². The number of aromatic nitrogens is 2. The highest BCUT2D eigenvalue weighted by atomic mass is 32.1. The Balaban J connectivity index is 2.52. The average Bonchev–Trinajstić information content (AvgIpc) is 2.52. The molecule has 0 fully saturated rings. The lowest BCUT2D eigenvalue weighted by Gasteiger charge is -1.93. The molecule has 0 spiro atoms. The maximum Gasteiger partial charge on any atom is 0.323 e. The van der Waals surface area contributed by atoms with Gasteiger partial charge in [-0.05, 0) is 12.1 Å². The zero-order chi connectivity index (χ0) is 9.26. The van der Waals surface area contributed by atoms with Crippen molar-refractivity contribution < 1.29 is 4.39 Å². The number of H-pyrrole nitrogens is 1. The third kappa shape index (κ3) is 1.65. The van der Waals surface area contributed by atoms with Crippen LogP contribution in [-0.2, 0) is 0 Å². The molecule has 66 valence electrons. The topological polar surface area (TPSA) is 45.8 Å². The van der Waals surface area contributed by atoms with Gasteiger partial charge < -0.3 is 0 Å². The van der Waals surface area contributed by atoms with Gasteiger partial charge >= 0.3 is 4.87 Å². The summed E-state index contributed by atoms with van der Waals surface area (Å²) in [6.07, 6.45) is 0. The molecule has 0 saturated carbocycles. The first-order valence-corrected chi connectivity index (χ1v) is 4.35. The van der Waals surface area contributed by atoms with E-state index in [4.69, 9.17) is 0 Å². The molecule has 1 N–H and O–H groups in total. The summed E-state index contributed by atoms with van der Waals surface area (Å²) in [5, 5.41) is 0. The van der Waals surface area contributed by atoms with Gasteiger partial charge in [0.2, 0.25) is 0 Å². The number of hydrogen-bond donors (Lipinski definition) is 1. The van der Waals surface area contributed by atoms with Gasteiger partial charge in [-0.15, -0.1) is 0 Å². The number of nitrogens with one attached hydrogen (secondary N) is 1. The van der Waals surface area contributed by atoms with Crippen LogP contribution in [0, 0.1) is 5.82 Å². The van der Waals surface area contributed by atoms with E-state index in [-0.39, 0.29) is 10.7 Å². The predicted octanol–water partition coefficient (Wildman–Crippen LogP) is 1.64. The smallest absolute Gasteiger partial charge is 0.296 e. The van der Waals surface area contributed by atoms with Crippen molar-refractivity contribution in [3.8, 4) is 11.4 Å². The fourth-order valence-corrected chi connectivity index (χ4v) is 1.46. The zero-order valence-electron chi connectivity index (χ0n) is 6.45. The molecule has 13 heavy (non-hydrogen) atoms. The van der Waals surface area contributed by atoms with Gasteiger partial charge in [0.1, 0.15) is 5.82 Å². The van der Waals surface area contributed by atoms with Crippen LogP contribution in [0.4, 0.5) is 4.39 Å². The van der Waals surface area contributed by atoms with Crippen molar-refractivity contribution in [1.82, 2.24) is 9.36 Å². The van der Waals surface area contributed by atoms with Crippen molar-refractivity contribution in [3.05, 3.63) is 39.8 Å². The molecule has 0 radical (unpaired) electrons. The lowest BCUT2D eigenvalue weighted by Crippen LogP contribution is -1.92. The molecule has 0 saturated heterocycles. The quantitative estimate of drug-likeness (QED) is 0.753. The van der Waals surface area contributed by atoms with Gasteiger partial charge in [0.25, 0.3) is 0 Å². The molecule has 3 nitrogen and oxygen atoms in total. The van der Waals surface area contributed by atoms with Crippen LogP contribution >= 0.6 is 11.5 Å². The summed E-state index contributed by atoms with van der Waals surface area (Å²) < 4.78 is 16.6. The van der Waals surface area contributed by atoms with Crippen molar-refractivity contribution in [3.63, 3.8) is 0 Å². The Morgan fingerprint density at radius 3 is 2.92 bits per heavy atom. The van der Waals surface area contributed by atoms with E-state index in [2.05, 4.69) is 9.36 Å². The summed E-state index contributed by atoms with van der Waals surface area (Å²) in [5.74, 6) is 0.0702. The molecule has 0 aliphatic carbocycles. The first-order valence-electron chi connectivity index (χ1n) is 3.57. The minimum Gasteiger partial charge on any atom is -0.296 e. The minimum atomic E-state index is -0.341. The first kappa shape index (κ1) is 8.12. The Bertz CT molecular complexity index is 477. The molecule has 0 amide bonds. The van der Waals surface area contributed by atoms with Gasteiger partial charge in [0, 0.05) is 17.1 Å². The number of rotatable bonds is 1. The van der Waals surface area contributed by atoms with Crippen LogP contribution in [0.2, 0.25) is 0 Å². The highest BCUT2D eigenvalue weighted by Gasteiger charge is 2.02. The Kier molecular flexibility index (Phi) is 1.94. The van der Waals surface area contributed by atoms with Crippen LogP contribution in [0.3, 0.4) is 0 Å². The standard InChI is InChI=1S/C8H5FN2OS/c9-6-3-1-2-5(4-6)7-10-8(12)13-11-7/h1-4H,(H,10,11,12). The number of benzene rings is 1. The monoisotopic (exact) mass is 196 g/mol. The van der Waals surface area contributed by atoms with Gasteiger partial charge in [0.15, 0.2) is 5.82 Å². The van der Waals surface area contributed by atoms with E-state index in [1.54, 1.807) is 12.1 Å². The molecule has 1 aromatic carbocycles. The van der Waals surface area contributed by atoms with Crippen molar-refractivity contribution in [2.45, 2.75) is 0 Å². The highest BCUT2D eigenvalue weighted by molar-refractivity contribution is 7.03. The normalized spacial score (nSPS) is 10.2. The molecule has 0 atom stereocenters. The summed E-state index contributed by atoms with van der Waals surface area (Å²) in [6.45, 7) is 0. The number of hydrogen-bond acceptors (Lipinski definition) is 3. The van der Waals surface area contributed by atoms with Crippen LogP contribution in [0.15, 0.2) is 29.1 Å². The summed E-state index contributed by atoms with van der Waals surface area (Å²) in [4.78, 5) is 13.0. The van der Waals surface area contributed by atoms with Crippen LogP contribution in [0.1, 0.15) is 0 Å². The van der Waals surface area contributed by atoms with Crippen molar-refractivity contribution in [2.75, 3.05) is 0 Å². The fourth-order valence-electron chi connectivity index (χ4n) is 0.990. The second kappa shape index (κ2) is 3.10. The molecule has 0 aliphatic rings. The Labute approximate surface area is 77.0 Å². The minimum absolute atomic E-state index is 0.237. The summed E-state index contributed by atoms with van der Waals surface area (Å²) in [6, 6.07) is 5.93. The van der Waals surface area contributed by atoms with Crippen molar-refractivity contribution in [1.29, 1.82) is 0 Å². The van der Waals surface area contributed by atoms with Crippen LogP contribution in [0.5, 0.6) is 0 Å². The molecule has 2 rings (SSSR count). The van der Waals surface area contributed by atoms with Crippen molar-refractivity contribution in [2.24, 2.45) is 0 Å². The van der Waals surface area contributed by atoms with Crippen molar-refractivity contribution >= 4 is 11.5 Å². The molecule has 1 heterocycles. The lowest BCUT2D eigenvalue weighted by atomic mass is 10.2. The first-order chi connectivity index (χ1) is 6.25. The molecular formula is C8H5FN2OS. The maximum absolute atomic E-state index is 12.7. The van der Waals surface area contributed by atoms with E-state index in [1.165, 1.54) is 12.1 Å². The van der Waals surface area contributed by atoms with E-state index in [1.807, 2.05) is 0 Å². The van der Waals surface area contributed by atoms with Crippen LogP contribution < -0.4 is 4.87 Å². The maximum atomic E-state index is 12.7. The molecule has 0 bridgehead atoms. The largest absolute Gasteiger partial charge is 0.323 e. The van der Waals surface area contributed by atoms with Gasteiger partial charge in [-0.3, -0.25) is 9.78 Å². The van der Waals surface area contributed by atoms with Gasteiger partial charge in [0.05, 0.1) is 0 Å². The van der Waals surface area contributed by atoms with E-state index in [0.717, 1.165) is 11.5 Å². The van der Waals surface area contributed by atoms with Crippen LogP contribution in [-0.4, -0.2) is 9.36 Å². The Morgan fingerprint density at radius 2 is 2.31 bits per heavy atom. The second-order valence-corrected chi connectivity index (χ2v) is 3.19. The van der Waals surface area contributed by atoms with Gasteiger partial charge in [-0.2, -0.15) is 4.37 Å².